The lowest BCUT2D eigenvalue weighted by Crippen LogP contribution is -2.30. The van der Waals surface area contributed by atoms with Gasteiger partial charge in [-0.05, 0) is 29.8 Å². The van der Waals surface area contributed by atoms with Crippen molar-refractivity contribution in [3.63, 3.8) is 0 Å². The van der Waals surface area contributed by atoms with Crippen molar-refractivity contribution in [3.05, 3.63) is 64.5 Å². The summed E-state index contributed by atoms with van der Waals surface area (Å²) in [4.78, 5) is 25.3. The Balaban J connectivity index is 1.49. The monoisotopic (exact) mass is 396 g/mol. The number of hydrogen-bond donors (Lipinski definition) is 2. The van der Waals surface area contributed by atoms with E-state index in [1.165, 1.54) is 12.1 Å². The topological polar surface area (TPSA) is 76.7 Å². The van der Waals surface area contributed by atoms with E-state index in [0.29, 0.717) is 48.5 Å². The minimum Gasteiger partial charge on any atom is -0.491 e. The first kappa shape index (κ1) is 18.1. The molecule has 1 unspecified atom stereocenters. The van der Waals surface area contributed by atoms with Gasteiger partial charge in [0, 0.05) is 42.0 Å². The molecule has 0 bridgehead atoms. The average molecular weight is 396 g/mol. The molecular weight excluding hydrogens is 375 g/mol. The van der Waals surface area contributed by atoms with Gasteiger partial charge < -0.3 is 20.1 Å². The van der Waals surface area contributed by atoms with Crippen molar-refractivity contribution in [3.8, 4) is 5.75 Å². The number of carbonyl (C=O) groups excluding carboxylic acids is 2. The molecule has 5 rings (SSSR count). The third kappa shape index (κ3) is 3.06. The van der Waals surface area contributed by atoms with Gasteiger partial charge >= 0.3 is 0 Å². The van der Waals surface area contributed by atoms with Crippen LogP contribution >= 0.6 is 0 Å². The van der Waals surface area contributed by atoms with E-state index in [0.717, 1.165) is 11.1 Å². The van der Waals surface area contributed by atoms with Gasteiger partial charge in [0.15, 0.2) is 0 Å². The third-order valence-corrected chi connectivity index (χ3v) is 6.14. The Hall–Kier alpha value is -2.93. The van der Waals surface area contributed by atoms with Gasteiger partial charge in [-0.2, -0.15) is 0 Å². The number of fused-ring (bicyclic) bond motifs is 2. The van der Waals surface area contributed by atoms with Crippen LogP contribution in [0.1, 0.15) is 37.8 Å². The maximum atomic E-state index is 13.3. The summed E-state index contributed by atoms with van der Waals surface area (Å²) >= 11 is 0. The van der Waals surface area contributed by atoms with Gasteiger partial charge in [0.1, 0.15) is 11.6 Å². The molecule has 3 aliphatic rings. The van der Waals surface area contributed by atoms with Crippen LogP contribution in [0.3, 0.4) is 0 Å². The second-order valence-corrected chi connectivity index (χ2v) is 7.80. The van der Waals surface area contributed by atoms with E-state index in [1.54, 1.807) is 31.3 Å². The van der Waals surface area contributed by atoms with Gasteiger partial charge in [0.2, 0.25) is 0 Å². The molecule has 4 atom stereocenters. The molecule has 1 saturated carbocycles. The minimum absolute atomic E-state index is 0.136. The number of ether oxygens (including phenoxy) is 2. The summed E-state index contributed by atoms with van der Waals surface area (Å²) in [5.74, 6) is 0.257. The zero-order chi connectivity index (χ0) is 20.1. The number of carbonyl (C=O) groups is 2. The Morgan fingerprint density at radius 1 is 1.03 bits per heavy atom. The summed E-state index contributed by atoms with van der Waals surface area (Å²) in [5.41, 5.74) is 2.39. The van der Waals surface area contributed by atoms with E-state index in [4.69, 9.17) is 9.47 Å². The molecule has 2 heterocycles. The molecule has 7 heteroatoms. The lowest BCUT2D eigenvalue weighted by atomic mass is 9.90. The fourth-order valence-corrected chi connectivity index (χ4v) is 4.42. The number of benzene rings is 2. The predicted molar refractivity (Wildman–Crippen MR) is 103 cm³/mol. The molecule has 2 amide bonds. The molecule has 29 heavy (non-hydrogen) atoms. The molecule has 1 aliphatic carbocycles. The molecule has 6 nitrogen and oxygen atoms in total. The molecule has 2 aliphatic heterocycles. The van der Waals surface area contributed by atoms with Crippen LogP contribution in [0.25, 0.3) is 0 Å². The standard InChI is InChI=1S/C22H21FN2O4/c1-24-22(27)15-7-12(21(26)25-19-17-8-28-9-18(17)19)6-14-16(10-29-20(14)15)11-2-4-13(23)5-3-11/h2-7,16-19H,8-10H2,1H3,(H,24,27)(H,25,26)/t16-,17-,18+,19?/m1/s1. The highest BCUT2D eigenvalue weighted by molar-refractivity contribution is 6.02. The second-order valence-electron chi connectivity index (χ2n) is 7.80. The van der Waals surface area contributed by atoms with E-state index < -0.39 is 0 Å². The highest BCUT2D eigenvalue weighted by Crippen LogP contribution is 2.45. The Kier molecular flexibility index (Phi) is 4.28. The SMILES string of the molecule is CNC(=O)c1cc(C(=O)NC2[C@H]3COC[C@@H]23)cc2c1OC[C@@H]2c1ccc(F)cc1. The fourth-order valence-electron chi connectivity index (χ4n) is 4.42. The zero-order valence-corrected chi connectivity index (χ0v) is 15.9. The largest absolute Gasteiger partial charge is 0.491 e. The second kappa shape index (κ2) is 6.84. The number of halogens is 1. The van der Waals surface area contributed by atoms with Gasteiger partial charge in [-0.25, -0.2) is 4.39 Å². The average Bonchev–Trinajstić information content (AvgIpc) is 3.09. The summed E-state index contributed by atoms with van der Waals surface area (Å²) in [6, 6.07) is 9.71. The molecule has 2 aromatic carbocycles. The maximum absolute atomic E-state index is 13.3. The van der Waals surface area contributed by atoms with Gasteiger partial charge in [-0.3, -0.25) is 9.59 Å². The van der Waals surface area contributed by atoms with E-state index in [9.17, 15) is 14.0 Å². The summed E-state index contributed by atoms with van der Waals surface area (Å²) in [5, 5.41) is 5.68. The van der Waals surface area contributed by atoms with Crippen LogP contribution in [-0.2, 0) is 4.74 Å². The number of nitrogens with one attached hydrogen (secondary N) is 2. The molecule has 0 spiro atoms. The fraction of sp³-hybridized carbons (Fsp3) is 0.364. The van der Waals surface area contributed by atoms with Gasteiger partial charge in [-0.15, -0.1) is 0 Å². The molecule has 2 N–H and O–H groups in total. The van der Waals surface area contributed by atoms with Crippen molar-refractivity contribution in [1.29, 1.82) is 0 Å². The van der Waals surface area contributed by atoms with Crippen LogP contribution in [0.5, 0.6) is 5.75 Å². The van der Waals surface area contributed by atoms with Crippen LogP contribution in [-0.4, -0.2) is 44.7 Å². The Morgan fingerprint density at radius 3 is 2.45 bits per heavy atom. The number of amides is 2. The minimum atomic E-state index is -0.314. The van der Waals surface area contributed by atoms with Crippen LogP contribution in [0.4, 0.5) is 4.39 Å². The van der Waals surface area contributed by atoms with Crippen LogP contribution in [0.15, 0.2) is 36.4 Å². The van der Waals surface area contributed by atoms with Gasteiger partial charge in [0.25, 0.3) is 11.8 Å². The first-order chi connectivity index (χ1) is 14.1. The van der Waals surface area contributed by atoms with Crippen molar-refractivity contribution in [1.82, 2.24) is 10.6 Å². The number of hydrogen-bond acceptors (Lipinski definition) is 4. The highest BCUT2D eigenvalue weighted by atomic mass is 19.1. The first-order valence-electron chi connectivity index (χ1n) is 9.73. The van der Waals surface area contributed by atoms with Gasteiger partial charge in [-0.1, -0.05) is 12.1 Å². The third-order valence-electron chi connectivity index (χ3n) is 6.14. The Bertz CT molecular complexity index is 981. The molecule has 2 aromatic rings. The molecule has 0 radical (unpaired) electrons. The quantitative estimate of drug-likeness (QED) is 0.830. The predicted octanol–water partition coefficient (Wildman–Crippen LogP) is 2.08. The van der Waals surface area contributed by atoms with Crippen molar-refractivity contribution in [2.45, 2.75) is 12.0 Å². The van der Waals surface area contributed by atoms with Crippen LogP contribution < -0.4 is 15.4 Å². The highest BCUT2D eigenvalue weighted by Gasteiger charge is 2.54. The smallest absolute Gasteiger partial charge is 0.254 e. The van der Waals surface area contributed by atoms with Crippen LogP contribution in [0, 0.1) is 17.7 Å². The molecule has 150 valence electrons. The van der Waals surface area contributed by atoms with E-state index in [2.05, 4.69) is 10.6 Å². The normalized spacial score (nSPS) is 26.3. The van der Waals surface area contributed by atoms with Crippen molar-refractivity contribution in [2.24, 2.45) is 11.8 Å². The van der Waals surface area contributed by atoms with Crippen molar-refractivity contribution >= 4 is 11.8 Å². The zero-order valence-electron chi connectivity index (χ0n) is 15.9. The van der Waals surface area contributed by atoms with Gasteiger partial charge in [0.05, 0.1) is 25.4 Å². The van der Waals surface area contributed by atoms with E-state index >= 15 is 0 Å². The van der Waals surface area contributed by atoms with E-state index in [-0.39, 0.29) is 29.6 Å². The Labute approximate surface area is 167 Å². The van der Waals surface area contributed by atoms with E-state index in [1.807, 2.05) is 0 Å². The molecule has 0 aromatic heterocycles. The Morgan fingerprint density at radius 2 is 1.76 bits per heavy atom. The lowest BCUT2D eigenvalue weighted by molar-refractivity contribution is 0.0929. The van der Waals surface area contributed by atoms with Crippen molar-refractivity contribution in [2.75, 3.05) is 26.9 Å². The molecular formula is C22H21FN2O4. The summed E-state index contributed by atoms with van der Waals surface area (Å²) in [6.45, 7) is 1.70. The van der Waals surface area contributed by atoms with Crippen LogP contribution in [0.2, 0.25) is 0 Å². The molecule has 2 fully saturated rings. The summed E-state index contributed by atoms with van der Waals surface area (Å²) in [7, 11) is 1.54. The first-order valence-corrected chi connectivity index (χ1v) is 9.73. The summed E-state index contributed by atoms with van der Waals surface area (Å²) < 4.78 is 24.5. The molecule has 1 saturated heterocycles. The van der Waals surface area contributed by atoms with Crippen molar-refractivity contribution < 1.29 is 23.5 Å². The maximum Gasteiger partial charge on any atom is 0.254 e. The summed E-state index contributed by atoms with van der Waals surface area (Å²) in [6.07, 6.45) is 0. The lowest BCUT2D eigenvalue weighted by Gasteiger charge is -2.14. The number of rotatable bonds is 4.